The summed E-state index contributed by atoms with van der Waals surface area (Å²) in [4.78, 5) is 27.6. The number of ether oxygens (including phenoxy) is 1. The quantitative estimate of drug-likeness (QED) is 0.549. The molecule has 156 valence electrons. The van der Waals surface area contributed by atoms with Gasteiger partial charge in [0.1, 0.15) is 18.7 Å². The summed E-state index contributed by atoms with van der Waals surface area (Å²) in [6.07, 6.45) is 2.78. The van der Waals surface area contributed by atoms with Gasteiger partial charge in [-0.3, -0.25) is 9.52 Å². The Bertz CT molecular complexity index is 1140. The normalized spacial score (nSPS) is 12.1. The number of amides is 1. The summed E-state index contributed by atoms with van der Waals surface area (Å²) >= 11 is 0. The van der Waals surface area contributed by atoms with E-state index in [1.165, 1.54) is 60.8 Å². The summed E-state index contributed by atoms with van der Waals surface area (Å²) < 4.78 is 33.7. The Kier molecular flexibility index (Phi) is 6.11. The maximum Gasteiger partial charge on any atom is 0.337 e. The highest BCUT2D eigenvalue weighted by Crippen LogP contribution is 2.20. The van der Waals surface area contributed by atoms with Gasteiger partial charge in [-0.15, -0.1) is 0 Å². The lowest BCUT2D eigenvalue weighted by Crippen LogP contribution is -2.24. The van der Waals surface area contributed by atoms with Crippen molar-refractivity contribution in [2.75, 3.05) is 17.1 Å². The fourth-order valence-electron chi connectivity index (χ4n) is 2.53. The second-order valence-corrected chi connectivity index (χ2v) is 7.93. The summed E-state index contributed by atoms with van der Waals surface area (Å²) in [5.41, 5.74) is 0.906. The molecule has 0 aliphatic carbocycles. The van der Waals surface area contributed by atoms with Crippen LogP contribution in [0.4, 0.5) is 11.4 Å². The Balaban J connectivity index is 1.69. The largest absolute Gasteiger partial charge is 0.465 e. The third-order valence-corrected chi connectivity index (χ3v) is 5.56. The lowest BCUT2D eigenvalue weighted by molar-refractivity contribution is -0.119. The monoisotopic (exact) mass is 429 g/mol. The molecule has 0 bridgehead atoms. The summed E-state index contributed by atoms with van der Waals surface area (Å²) in [6.45, 7) is 1.68. The molecule has 0 fully saturated rings. The van der Waals surface area contributed by atoms with Crippen LogP contribution in [0, 0.1) is 0 Å². The number of aromatic nitrogens is 3. The first-order valence-corrected chi connectivity index (χ1v) is 10.2. The molecule has 2 N–H and O–H groups in total. The zero-order valence-corrected chi connectivity index (χ0v) is 17.0. The molecule has 3 aromatic rings. The van der Waals surface area contributed by atoms with Gasteiger partial charge in [0.05, 0.1) is 17.6 Å². The van der Waals surface area contributed by atoms with Gasteiger partial charge >= 0.3 is 5.97 Å². The number of esters is 1. The van der Waals surface area contributed by atoms with E-state index in [2.05, 4.69) is 24.9 Å². The standard InChI is InChI=1S/C19H19N5O5S/c1-13(24-12-20-11-21-24)18(25)22-15-6-8-16(9-7-15)23-30(27,28)17-5-3-4-14(10-17)19(26)29-2/h3-13,23H,1-2H3,(H,22,25)/t13-/m0/s1. The first-order valence-electron chi connectivity index (χ1n) is 8.76. The van der Waals surface area contributed by atoms with Crippen LogP contribution in [0.3, 0.4) is 0 Å². The van der Waals surface area contributed by atoms with Crippen molar-refractivity contribution in [2.24, 2.45) is 0 Å². The number of nitrogens with one attached hydrogen (secondary N) is 2. The summed E-state index contributed by atoms with van der Waals surface area (Å²) in [7, 11) is -2.70. The highest BCUT2D eigenvalue weighted by Gasteiger charge is 2.18. The smallest absolute Gasteiger partial charge is 0.337 e. The molecule has 3 rings (SSSR count). The van der Waals surface area contributed by atoms with E-state index in [9.17, 15) is 18.0 Å². The molecule has 0 saturated carbocycles. The number of carbonyl (C=O) groups excluding carboxylic acids is 2. The molecule has 0 aliphatic heterocycles. The average Bonchev–Trinajstić information content (AvgIpc) is 3.28. The second-order valence-electron chi connectivity index (χ2n) is 6.24. The van der Waals surface area contributed by atoms with Gasteiger partial charge < -0.3 is 10.1 Å². The molecule has 2 aromatic carbocycles. The molecular weight excluding hydrogens is 410 g/mol. The van der Waals surface area contributed by atoms with E-state index in [0.717, 1.165) is 0 Å². The van der Waals surface area contributed by atoms with Gasteiger partial charge in [-0.05, 0) is 49.4 Å². The molecular formula is C19H19N5O5S. The number of hydrogen-bond donors (Lipinski definition) is 2. The molecule has 0 unspecified atom stereocenters. The molecule has 0 aliphatic rings. The molecule has 0 radical (unpaired) electrons. The van der Waals surface area contributed by atoms with Crippen molar-refractivity contribution in [3.63, 3.8) is 0 Å². The minimum atomic E-state index is -3.92. The van der Waals surface area contributed by atoms with Crippen molar-refractivity contribution in [1.29, 1.82) is 0 Å². The molecule has 0 spiro atoms. The fourth-order valence-corrected chi connectivity index (χ4v) is 3.63. The topological polar surface area (TPSA) is 132 Å². The van der Waals surface area contributed by atoms with Gasteiger partial charge in [-0.1, -0.05) is 6.07 Å². The Labute approximate surface area is 172 Å². The van der Waals surface area contributed by atoms with E-state index in [1.54, 1.807) is 19.1 Å². The van der Waals surface area contributed by atoms with E-state index in [1.807, 2.05) is 0 Å². The first-order chi connectivity index (χ1) is 14.3. The van der Waals surface area contributed by atoms with E-state index >= 15 is 0 Å². The van der Waals surface area contributed by atoms with Crippen LogP contribution in [0.15, 0.2) is 66.1 Å². The lowest BCUT2D eigenvalue weighted by atomic mass is 10.2. The molecule has 1 heterocycles. The summed E-state index contributed by atoms with van der Waals surface area (Å²) in [5.74, 6) is -0.930. The van der Waals surface area contributed by atoms with Gasteiger partial charge in [0.15, 0.2) is 0 Å². The minimum absolute atomic E-state index is 0.0792. The van der Waals surface area contributed by atoms with Gasteiger partial charge in [0.2, 0.25) is 5.91 Å². The number of hydrogen-bond acceptors (Lipinski definition) is 7. The van der Waals surface area contributed by atoms with Gasteiger partial charge in [0, 0.05) is 11.4 Å². The number of anilines is 2. The van der Waals surface area contributed by atoms with Gasteiger partial charge in [-0.25, -0.2) is 22.9 Å². The Morgan fingerprint density at radius 3 is 2.43 bits per heavy atom. The van der Waals surface area contributed by atoms with E-state index in [0.29, 0.717) is 11.4 Å². The maximum atomic E-state index is 12.6. The van der Waals surface area contributed by atoms with Crippen molar-refractivity contribution in [3.8, 4) is 0 Å². The van der Waals surface area contributed by atoms with Crippen LogP contribution in [0.25, 0.3) is 0 Å². The highest BCUT2D eigenvalue weighted by molar-refractivity contribution is 7.92. The Morgan fingerprint density at radius 1 is 1.10 bits per heavy atom. The Morgan fingerprint density at radius 2 is 1.80 bits per heavy atom. The van der Waals surface area contributed by atoms with E-state index < -0.39 is 22.0 Å². The molecule has 1 aromatic heterocycles. The van der Waals surface area contributed by atoms with Crippen LogP contribution < -0.4 is 10.0 Å². The molecule has 11 heteroatoms. The van der Waals surface area contributed by atoms with Crippen molar-refractivity contribution >= 4 is 33.3 Å². The van der Waals surface area contributed by atoms with Gasteiger partial charge in [-0.2, -0.15) is 5.10 Å². The third-order valence-electron chi connectivity index (χ3n) is 4.18. The van der Waals surface area contributed by atoms with E-state index in [4.69, 9.17) is 0 Å². The number of nitrogens with zero attached hydrogens (tertiary/aromatic N) is 3. The van der Waals surface area contributed by atoms with Crippen LogP contribution >= 0.6 is 0 Å². The van der Waals surface area contributed by atoms with Crippen LogP contribution in [-0.4, -0.2) is 42.2 Å². The molecule has 1 atom stereocenters. The van der Waals surface area contributed by atoms with Crippen molar-refractivity contribution < 1.29 is 22.7 Å². The SMILES string of the molecule is COC(=O)c1cccc(S(=O)(=O)Nc2ccc(NC(=O)[C@H](C)n3cncn3)cc2)c1. The van der Waals surface area contributed by atoms with Crippen molar-refractivity contribution in [1.82, 2.24) is 14.8 Å². The first kappa shape index (κ1) is 21.0. The minimum Gasteiger partial charge on any atom is -0.465 e. The Hall–Kier alpha value is -3.73. The van der Waals surface area contributed by atoms with Crippen molar-refractivity contribution in [3.05, 3.63) is 66.7 Å². The molecule has 1 amide bonds. The van der Waals surface area contributed by atoms with Crippen LogP contribution in [0.1, 0.15) is 23.3 Å². The van der Waals surface area contributed by atoms with Crippen molar-refractivity contribution in [2.45, 2.75) is 17.9 Å². The molecule has 30 heavy (non-hydrogen) atoms. The summed E-state index contributed by atoms with van der Waals surface area (Å²) in [5, 5.41) is 6.65. The zero-order valence-electron chi connectivity index (χ0n) is 16.1. The zero-order chi connectivity index (χ0) is 21.7. The van der Waals surface area contributed by atoms with E-state index in [-0.39, 0.29) is 16.4 Å². The van der Waals surface area contributed by atoms with Crippen LogP contribution in [0.5, 0.6) is 0 Å². The van der Waals surface area contributed by atoms with Gasteiger partial charge in [0.25, 0.3) is 10.0 Å². The second kappa shape index (κ2) is 8.74. The number of methoxy groups -OCH3 is 1. The predicted molar refractivity (Wildman–Crippen MR) is 108 cm³/mol. The van der Waals surface area contributed by atoms with Crippen LogP contribution in [-0.2, 0) is 19.6 Å². The lowest BCUT2D eigenvalue weighted by Gasteiger charge is -2.13. The van der Waals surface area contributed by atoms with Crippen LogP contribution in [0.2, 0.25) is 0 Å². The fraction of sp³-hybridized carbons (Fsp3) is 0.158. The average molecular weight is 429 g/mol. The molecule has 0 saturated heterocycles. The number of carbonyl (C=O) groups is 2. The predicted octanol–water partition coefficient (Wildman–Crippen LogP) is 2.07. The maximum absolute atomic E-state index is 12.6. The molecule has 10 nitrogen and oxygen atoms in total. The highest BCUT2D eigenvalue weighted by atomic mass is 32.2. The third kappa shape index (κ3) is 4.81. The number of rotatable bonds is 7. The number of sulfonamides is 1. The summed E-state index contributed by atoms with van der Waals surface area (Å²) in [6, 6.07) is 11.1. The number of benzene rings is 2.